The Kier molecular flexibility index (Phi) is 35.9. The van der Waals surface area contributed by atoms with Crippen LogP contribution in [0.3, 0.4) is 0 Å². The molecule has 8 aromatic carbocycles. The molecule has 4 saturated heterocycles. The Bertz CT molecular complexity index is 6250. The topological polar surface area (TPSA) is 424 Å². The van der Waals surface area contributed by atoms with Crippen LogP contribution in [0.2, 0.25) is 20.1 Å². The first-order chi connectivity index (χ1) is 61.7. The second kappa shape index (κ2) is 46.0. The molecule has 4 N–H and O–H groups in total. The standard InChI is InChI=1S/C23H25Cl2N3O4S.C23H22ClN5O4S2.C23H26ClN3O4S.C21H22ClN3O4S/c1-16-11-18(25)14-20(12-16)32-21-5-4-17(15-26)13-22(21)33(30,31)28-9-6-19(7-10-28)27-23(29)3-2-8-24;1-14-9-17(24)12-19(10-14)33-20-4-3-16(13-25)11-21(20)35(31,32)29-7-5-18(6-8-29)26-23(30)22-15(2)27-28-34-22;1-15(2)23(28)26-19-6-8-27(9-7-19)32(29,30)22-12-17(14-25)4-5-21(22)31-20-11-16(3)10-18(24)13-20;1-14-9-17(22)12-19(10-14)29-20-4-3-16(13-23)11-21(20)30(27,28)25-7-5-18(6-8-25)24-15(2)26/h4-5,11-14,19H,2-3,6-10H2,1H3,(H,27,29);3-4,9-12,18H,5-8H2,1-2H3,(H,26,30);4-5,10-13,15,19H,6-9H2,1-3H3,(H,26,28);3-4,9-12,18H,5-8H2,1-2H3,(H,24,26). The molecule has 0 aliphatic carbocycles. The minimum atomic E-state index is -3.97. The highest BCUT2D eigenvalue weighted by molar-refractivity contribution is 7.90. The Hall–Kier alpha value is -10.6. The number of amides is 4. The Morgan fingerprint density at radius 2 is 0.700 bits per heavy atom. The molecule has 30 nitrogen and oxygen atoms in total. The summed E-state index contributed by atoms with van der Waals surface area (Å²) in [5, 5.41) is 54.6. The smallest absolute Gasteiger partial charge is 0.265 e. The number of hydrogen-bond donors (Lipinski definition) is 4. The van der Waals surface area contributed by atoms with E-state index in [1.807, 2.05) is 65.8 Å². The summed E-state index contributed by atoms with van der Waals surface area (Å²) in [6.45, 7) is 16.2. The molecule has 0 atom stereocenters. The molecule has 130 heavy (non-hydrogen) atoms. The Labute approximate surface area is 786 Å². The zero-order valence-electron chi connectivity index (χ0n) is 72.1. The second-order valence-corrected chi connectivity index (χ2v) is 42.0. The molecule has 4 amide bonds. The van der Waals surface area contributed by atoms with Gasteiger partial charge in [0.2, 0.25) is 57.8 Å². The summed E-state index contributed by atoms with van der Waals surface area (Å²) in [6, 6.07) is 45.2. The highest BCUT2D eigenvalue weighted by atomic mass is 35.5. The molecule has 0 bridgehead atoms. The first-order valence-electron chi connectivity index (χ1n) is 41.2. The highest BCUT2D eigenvalue weighted by Gasteiger charge is 2.38. The van der Waals surface area contributed by atoms with E-state index >= 15 is 0 Å². The fourth-order valence-corrected chi connectivity index (χ4v) is 22.7. The molecule has 4 fully saturated rings. The molecule has 9 aromatic rings. The maximum Gasteiger partial charge on any atom is 0.265 e. The number of rotatable bonds is 25. The van der Waals surface area contributed by atoms with Gasteiger partial charge in [-0.1, -0.05) is 64.7 Å². The summed E-state index contributed by atoms with van der Waals surface area (Å²) in [5.41, 5.74) is 4.89. The molecule has 13 rings (SSSR count). The van der Waals surface area contributed by atoms with Gasteiger partial charge in [-0.3, -0.25) is 19.2 Å². The van der Waals surface area contributed by atoms with E-state index in [4.69, 9.17) is 77.0 Å². The third-order valence-corrected chi connectivity index (χ3v) is 30.6. The van der Waals surface area contributed by atoms with Gasteiger partial charge in [0, 0.05) is 122 Å². The van der Waals surface area contributed by atoms with Crippen molar-refractivity contribution in [3.63, 3.8) is 0 Å². The number of carbonyl (C=O) groups is 4. The molecular weight excluding hydrogens is 1870 g/mol. The number of alkyl halides is 1. The third-order valence-electron chi connectivity index (χ3n) is 20.9. The van der Waals surface area contributed by atoms with Gasteiger partial charge in [0.15, 0.2) is 0 Å². The maximum absolute atomic E-state index is 13.6. The van der Waals surface area contributed by atoms with E-state index in [9.17, 15) is 73.9 Å². The average molecular weight is 1970 g/mol. The molecule has 0 saturated carbocycles. The van der Waals surface area contributed by atoms with Crippen LogP contribution in [0.15, 0.2) is 165 Å². The van der Waals surface area contributed by atoms with Gasteiger partial charge < -0.3 is 40.2 Å². The number of nitrogens with one attached hydrogen (secondary N) is 4. The quantitative estimate of drug-likeness (QED) is 0.0386. The highest BCUT2D eigenvalue weighted by Crippen LogP contribution is 2.41. The van der Waals surface area contributed by atoms with Gasteiger partial charge in [0.05, 0.1) is 52.2 Å². The van der Waals surface area contributed by atoms with Crippen molar-refractivity contribution in [3.05, 3.63) is 221 Å². The maximum atomic E-state index is 13.6. The van der Waals surface area contributed by atoms with E-state index in [1.165, 1.54) is 96.9 Å². The van der Waals surface area contributed by atoms with Crippen LogP contribution in [0.5, 0.6) is 46.0 Å². The van der Waals surface area contributed by atoms with Crippen LogP contribution in [-0.2, 0) is 54.5 Å². The van der Waals surface area contributed by atoms with Crippen LogP contribution in [0.4, 0.5) is 0 Å². The lowest BCUT2D eigenvalue weighted by molar-refractivity contribution is -0.125. The van der Waals surface area contributed by atoms with Crippen LogP contribution in [0.25, 0.3) is 0 Å². The summed E-state index contributed by atoms with van der Waals surface area (Å²) >= 11 is 31.1. The van der Waals surface area contributed by atoms with Gasteiger partial charge in [-0.2, -0.15) is 38.3 Å². The van der Waals surface area contributed by atoms with Crippen molar-refractivity contribution < 1.29 is 71.8 Å². The van der Waals surface area contributed by atoms with Crippen molar-refractivity contribution >= 4 is 133 Å². The summed E-state index contributed by atoms with van der Waals surface area (Å²) in [6.07, 6.45) is 4.88. The SMILES string of the molecule is CC(=O)NC1CCN(S(=O)(=O)c2cc(C#N)ccc2Oc2cc(C)cc(Cl)c2)CC1.Cc1cc(Cl)cc(Oc2ccc(C#N)cc2S(=O)(=O)N2CCC(NC(=O)C(C)C)CC2)c1.Cc1cc(Cl)cc(Oc2ccc(C#N)cc2S(=O)(=O)N2CCC(NC(=O)CCCCl)CC2)c1.Cc1cc(Cl)cc(Oc2ccc(C#N)cc2S(=O)(=O)N2CCC(NC(=O)c3snnc3C)CC2)c1. The first-order valence-corrected chi connectivity index (χ1v) is 49.8. The number of ether oxygens (including phenoxy) is 4. The van der Waals surface area contributed by atoms with Gasteiger partial charge in [0.1, 0.15) is 70.5 Å². The summed E-state index contributed by atoms with van der Waals surface area (Å²) in [4.78, 5) is 47.7. The molecule has 0 radical (unpaired) electrons. The van der Waals surface area contributed by atoms with Gasteiger partial charge >= 0.3 is 0 Å². The lowest BCUT2D eigenvalue weighted by atomic mass is 10.1. The van der Waals surface area contributed by atoms with Crippen molar-refractivity contribution in [2.24, 2.45) is 5.92 Å². The minimum absolute atomic E-state index is 0.0412. The van der Waals surface area contributed by atoms with Crippen molar-refractivity contribution in [2.75, 3.05) is 58.2 Å². The first kappa shape index (κ1) is 102. The van der Waals surface area contributed by atoms with Crippen LogP contribution < -0.4 is 40.2 Å². The summed E-state index contributed by atoms with van der Waals surface area (Å²) in [7, 11) is -15.7. The fraction of sp³-hybridized carbons (Fsp3) is 0.356. The third kappa shape index (κ3) is 27.8. The normalized spacial score (nSPS) is 15.2. The van der Waals surface area contributed by atoms with Gasteiger partial charge in [-0.05, 0) is 272 Å². The summed E-state index contributed by atoms with van der Waals surface area (Å²) in [5.74, 6) is 1.87. The van der Waals surface area contributed by atoms with Gasteiger partial charge in [0.25, 0.3) is 5.91 Å². The predicted molar refractivity (Wildman–Crippen MR) is 494 cm³/mol. The van der Waals surface area contributed by atoms with E-state index < -0.39 is 40.1 Å². The van der Waals surface area contributed by atoms with E-state index in [1.54, 1.807) is 79.7 Å². The van der Waals surface area contributed by atoms with Crippen LogP contribution in [0, 0.1) is 85.9 Å². The number of aryl methyl sites for hydroxylation is 5. The largest absolute Gasteiger partial charge is 0.456 e. The zero-order chi connectivity index (χ0) is 94.5. The molecule has 4 aliphatic heterocycles. The number of benzene rings is 8. The number of halogens is 5. The monoisotopic (exact) mass is 1960 g/mol. The summed E-state index contributed by atoms with van der Waals surface area (Å²) < 4.78 is 140. The zero-order valence-corrected chi connectivity index (χ0v) is 80.0. The number of piperidine rings is 4. The average Bonchev–Trinajstić information content (AvgIpc) is 0.906. The minimum Gasteiger partial charge on any atom is -0.456 e. The lowest BCUT2D eigenvalue weighted by Crippen LogP contribution is -2.47. The van der Waals surface area contributed by atoms with Crippen molar-refractivity contribution in [3.8, 4) is 70.3 Å². The Balaban J connectivity index is 0.000000180. The molecule has 1 aromatic heterocycles. The number of hydrogen-bond acceptors (Lipinski definition) is 23. The number of nitrogens with zero attached hydrogens (tertiary/aromatic N) is 10. The Morgan fingerprint density at radius 1 is 0.423 bits per heavy atom. The number of aromatic nitrogens is 2. The molecule has 5 heterocycles. The number of nitriles is 4. The van der Waals surface area contributed by atoms with Gasteiger partial charge in [-0.15, -0.1) is 16.7 Å². The molecule has 40 heteroatoms. The number of sulfonamides is 4. The van der Waals surface area contributed by atoms with Gasteiger partial charge in [-0.25, -0.2) is 33.7 Å². The van der Waals surface area contributed by atoms with Crippen LogP contribution in [-0.4, -0.2) is 167 Å². The lowest BCUT2D eigenvalue weighted by Gasteiger charge is -2.32. The number of carbonyl (C=O) groups excluding carboxylic acids is 4. The predicted octanol–water partition coefficient (Wildman–Crippen LogP) is 16.5. The van der Waals surface area contributed by atoms with Crippen molar-refractivity contribution in [2.45, 2.75) is 163 Å². The second-order valence-electron chi connectivity index (χ2n) is 31.5. The van der Waals surface area contributed by atoms with E-state index in [0.29, 0.717) is 124 Å². The molecular formula is C90H95Cl5N14O16S5. The van der Waals surface area contributed by atoms with Crippen molar-refractivity contribution in [1.29, 1.82) is 21.0 Å². The molecule has 0 spiro atoms. The van der Waals surface area contributed by atoms with E-state index in [2.05, 4.69) is 30.9 Å². The molecule has 0 unspecified atom stereocenters. The Morgan fingerprint density at radius 3 is 0.946 bits per heavy atom. The van der Waals surface area contributed by atoms with Crippen molar-refractivity contribution in [1.82, 2.24) is 48.1 Å². The van der Waals surface area contributed by atoms with E-state index in [0.717, 1.165) is 33.8 Å². The fourth-order valence-electron chi connectivity index (χ4n) is 14.4. The van der Waals surface area contributed by atoms with E-state index in [-0.39, 0.29) is 171 Å². The molecule has 4 aliphatic rings. The van der Waals surface area contributed by atoms with Crippen LogP contribution >= 0.6 is 69.5 Å². The molecule has 686 valence electrons. The van der Waals surface area contributed by atoms with Crippen LogP contribution in [0.1, 0.15) is 145 Å².